The Hall–Kier alpha value is -3.65. The van der Waals surface area contributed by atoms with Crippen molar-refractivity contribution in [2.45, 2.75) is 33.0 Å². The predicted octanol–water partition coefficient (Wildman–Crippen LogP) is 3.42. The molecule has 2 unspecified atom stereocenters. The van der Waals surface area contributed by atoms with Crippen molar-refractivity contribution in [1.82, 2.24) is 14.7 Å². The topological polar surface area (TPSA) is 68.7 Å². The lowest BCUT2D eigenvalue weighted by Crippen LogP contribution is -2.64. The Kier molecular flexibility index (Phi) is 5.61. The van der Waals surface area contributed by atoms with Crippen LogP contribution in [0.4, 0.5) is 10.5 Å². The number of benzene rings is 2. The minimum Gasteiger partial charge on any atom is -0.380 e. The first-order valence-electron chi connectivity index (χ1n) is 11.6. The molecule has 3 heterocycles. The summed E-state index contributed by atoms with van der Waals surface area (Å²) in [5.74, 6) is 0.403. The van der Waals surface area contributed by atoms with Gasteiger partial charge < -0.3 is 9.64 Å². The van der Waals surface area contributed by atoms with Crippen LogP contribution in [0, 0.1) is 13.8 Å². The molecular formula is C26H29N5O3. The van der Waals surface area contributed by atoms with Crippen molar-refractivity contribution in [3.05, 3.63) is 71.4 Å². The van der Waals surface area contributed by atoms with E-state index in [1.54, 1.807) is 11.9 Å². The van der Waals surface area contributed by atoms with Crippen LogP contribution in [-0.2, 0) is 9.53 Å². The summed E-state index contributed by atoms with van der Waals surface area (Å²) >= 11 is 0. The minimum absolute atomic E-state index is 0.220. The number of aliphatic imine (C=N–C) groups is 1. The summed E-state index contributed by atoms with van der Waals surface area (Å²) in [6.45, 7) is 7.08. The summed E-state index contributed by atoms with van der Waals surface area (Å²) in [6.07, 6.45) is 1.41. The smallest absolute Gasteiger partial charge is 0.328 e. The molecular weight excluding hydrogens is 430 g/mol. The summed E-state index contributed by atoms with van der Waals surface area (Å²) in [5, 5.41) is 0. The van der Waals surface area contributed by atoms with Gasteiger partial charge in [0.25, 0.3) is 5.91 Å². The van der Waals surface area contributed by atoms with Crippen LogP contribution in [-0.4, -0.2) is 71.6 Å². The van der Waals surface area contributed by atoms with Gasteiger partial charge in [0.1, 0.15) is 0 Å². The number of hydrogen-bond acceptors (Lipinski definition) is 6. The second kappa shape index (κ2) is 8.61. The molecule has 8 heteroatoms. The van der Waals surface area contributed by atoms with Crippen LogP contribution in [0.2, 0.25) is 0 Å². The number of ether oxygens (including phenoxy) is 1. The molecule has 34 heavy (non-hydrogen) atoms. The predicted molar refractivity (Wildman–Crippen MR) is 131 cm³/mol. The fourth-order valence-corrected chi connectivity index (χ4v) is 4.75. The number of hydrogen-bond donors (Lipinski definition) is 0. The molecule has 0 aromatic heterocycles. The van der Waals surface area contributed by atoms with Gasteiger partial charge in [-0.25, -0.2) is 9.79 Å². The van der Waals surface area contributed by atoms with Crippen molar-refractivity contribution < 1.29 is 14.3 Å². The van der Waals surface area contributed by atoms with Crippen LogP contribution in [0.25, 0.3) is 5.70 Å². The average molecular weight is 460 g/mol. The molecule has 3 aliphatic rings. The minimum atomic E-state index is -0.617. The monoisotopic (exact) mass is 459 g/mol. The first-order chi connectivity index (χ1) is 16.4. The van der Waals surface area contributed by atoms with E-state index in [4.69, 9.17) is 9.73 Å². The number of imide groups is 1. The molecule has 0 spiro atoms. The van der Waals surface area contributed by atoms with Gasteiger partial charge in [-0.2, -0.15) is 0 Å². The Morgan fingerprint density at radius 3 is 2.56 bits per heavy atom. The summed E-state index contributed by atoms with van der Waals surface area (Å²) in [4.78, 5) is 38.4. The van der Waals surface area contributed by atoms with Crippen LogP contribution < -0.4 is 4.90 Å². The highest BCUT2D eigenvalue weighted by Crippen LogP contribution is 2.41. The number of urea groups is 1. The van der Waals surface area contributed by atoms with Crippen LogP contribution in [0.15, 0.2) is 59.7 Å². The molecule has 3 amide bonds. The van der Waals surface area contributed by atoms with Crippen molar-refractivity contribution in [2.75, 3.05) is 31.7 Å². The molecule has 176 valence electrons. The third-order valence-electron chi connectivity index (χ3n) is 6.55. The maximum Gasteiger partial charge on any atom is 0.328 e. The van der Waals surface area contributed by atoms with Crippen LogP contribution in [0.3, 0.4) is 0 Å². The number of carbonyl (C=O) groups is 2. The van der Waals surface area contributed by atoms with Crippen molar-refractivity contribution >= 4 is 29.3 Å². The molecule has 1 fully saturated rings. The van der Waals surface area contributed by atoms with E-state index in [-0.39, 0.29) is 18.5 Å². The SMILES string of the molecule is CCOCCN1C(=O)C2C(N=C3N(c4cc(C)ccc4C)C(c4ccccc4)=CN32)N(C)C1=O. The van der Waals surface area contributed by atoms with Gasteiger partial charge in [-0.15, -0.1) is 0 Å². The van der Waals surface area contributed by atoms with E-state index >= 15 is 0 Å². The average Bonchev–Trinajstić information content (AvgIpc) is 3.38. The highest BCUT2D eigenvalue weighted by Gasteiger charge is 2.54. The first kappa shape index (κ1) is 22.2. The molecule has 3 aliphatic heterocycles. The zero-order valence-corrected chi connectivity index (χ0v) is 19.9. The van der Waals surface area contributed by atoms with Gasteiger partial charge >= 0.3 is 6.03 Å². The number of aryl methyl sites for hydroxylation is 2. The van der Waals surface area contributed by atoms with E-state index in [0.29, 0.717) is 19.2 Å². The summed E-state index contributed by atoms with van der Waals surface area (Å²) in [7, 11) is 1.70. The normalized spacial score (nSPS) is 21.6. The van der Waals surface area contributed by atoms with Gasteiger partial charge in [0.15, 0.2) is 12.2 Å². The number of anilines is 1. The van der Waals surface area contributed by atoms with Crippen LogP contribution >= 0.6 is 0 Å². The Bertz CT molecular complexity index is 1190. The van der Waals surface area contributed by atoms with E-state index in [1.165, 1.54) is 4.90 Å². The molecule has 5 rings (SSSR count). The van der Waals surface area contributed by atoms with E-state index in [0.717, 1.165) is 28.1 Å². The second-order valence-electron chi connectivity index (χ2n) is 8.78. The summed E-state index contributed by atoms with van der Waals surface area (Å²) < 4.78 is 5.41. The van der Waals surface area contributed by atoms with E-state index < -0.39 is 12.2 Å². The molecule has 2 atom stereocenters. The van der Waals surface area contributed by atoms with Crippen molar-refractivity contribution in [3.8, 4) is 0 Å². The van der Waals surface area contributed by atoms with Gasteiger partial charge in [0, 0.05) is 25.4 Å². The van der Waals surface area contributed by atoms with Crippen molar-refractivity contribution in [1.29, 1.82) is 0 Å². The molecule has 2 aromatic rings. The number of guanidine groups is 1. The van der Waals surface area contributed by atoms with E-state index in [2.05, 4.69) is 49.1 Å². The molecule has 8 nitrogen and oxygen atoms in total. The quantitative estimate of drug-likeness (QED) is 0.620. The van der Waals surface area contributed by atoms with Crippen LogP contribution in [0.1, 0.15) is 23.6 Å². The van der Waals surface area contributed by atoms with Crippen LogP contribution in [0.5, 0.6) is 0 Å². The van der Waals surface area contributed by atoms with Crippen molar-refractivity contribution in [3.63, 3.8) is 0 Å². The van der Waals surface area contributed by atoms with Gasteiger partial charge in [-0.1, -0.05) is 42.5 Å². The lowest BCUT2D eigenvalue weighted by atomic mass is 10.1. The van der Waals surface area contributed by atoms with Gasteiger partial charge in [0.2, 0.25) is 5.96 Å². The molecule has 1 saturated heterocycles. The molecule has 0 saturated carbocycles. The highest BCUT2D eigenvalue weighted by atomic mass is 16.5. The van der Waals surface area contributed by atoms with E-state index in [1.807, 2.05) is 36.2 Å². The van der Waals surface area contributed by atoms with Gasteiger partial charge in [-0.05, 0) is 38.0 Å². The number of rotatable bonds is 6. The molecule has 0 bridgehead atoms. The second-order valence-corrected chi connectivity index (χ2v) is 8.78. The Morgan fingerprint density at radius 1 is 1.06 bits per heavy atom. The van der Waals surface area contributed by atoms with Crippen molar-refractivity contribution in [2.24, 2.45) is 4.99 Å². The number of likely N-dealkylation sites (N-methyl/N-ethyl adjacent to an activating group) is 1. The third kappa shape index (κ3) is 3.45. The lowest BCUT2D eigenvalue weighted by Gasteiger charge is -2.40. The molecule has 2 aromatic carbocycles. The Balaban J connectivity index is 1.59. The zero-order chi connectivity index (χ0) is 24.0. The molecule has 0 radical (unpaired) electrons. The highest BCUT2D eigenvalue weighted by molar-refractivity contribution is 6.16. The lowest BCUT2D eigenvalue weighted by molar-refractivity contribution is -0.137. The summed E-state index contributed by atoms with van der Waals surface area (Å²) in [5.41, 5.74) is 5.20. The standard InChI is InChI=1S/C26H29N5O3/c1-5-34-14-13-29-24(32)22-23(28(4)26(29)33)27-25-30(22)16-21(19-9-7-6-8-10-19)31(25)20-15-17(2)11-12-18(20)3/h6-12,15-16,22-23H,5,13-14H2,1-4H3. The first-order valence-corrected chi connectivity index (χ1v) is 11.6. The van der Waals surface area contributed by atoms with E-state index in [9.17, 15) is 9.59 Å². The number of carbonyl (C=O) groups excluding carboxylic acids is 2. The molecule has 0 aliphatic carbocycles. The fourth-order valence-electron chi connectivity index (χ4n) is 4.75. The Labute approximate surface area is 199 Å². The number of fused-ring (bicyclic) bond motifs is 3. The maximum absolute atomic E-state index is 13.6. The largest absolute Gasteiger partial charge is 0.380 e. The van der Waals surface area contributed by atoms with Gasteiger partial charge in [0.05, 0.1) is 24.5 Å². The fraction of sp³-hybridized carbons (Fsp3) is 0.346. The molecule has 0 N–H and O–H groups in total. The third-order valence-corrected chi connectivity index (χ3v) is 6.55. The van der Waals surface area contributed by atoms with Gasteiger partial charge in [-0.3, -0.25) is 19.5 Å². The summed E-state index contributed by atoms with van der Waals surface area (Å²) in [6, 6.07) is 15.4. The maximum atomic E-state index is 13.6. The number of amides is 3. The Morgan fingerprint density at radius 2 is 1.82 bits per heavy atom. The number of nitrogens with zero attached hydrogens (tertiary/aromatic N) is 5. The zero-order valence-electron chi connectivity index (χ0n) is 19.9.